The van der Waals surface area contributed by atoms with Crippen LogP contribution in [0, 0.1) is 41.4 Å². The number of aliphatic hydroxyl groups is 2. The molecule has 2 nitrogen and oxygen atoms in total. The molecule has 0 aromatic carbocycles. The van der Waals surface area contributed by atoms with Crippen LogP contribution in [0.15, 0.2) is 23.8 Å². The second-order valence-corrected chi connectivity index (χ2v) is 8.72. The van der Waals surface area contributed by atoms with E-state index in [0.29, 0.717) is 23.7 Å². The largest absolute Gasteiger partial charge is 0.389 e. The van der Waals surface area contributed by atoms with Crippen LogP contribution in [0.3, 0.4) is 0 Å². The molecule has 2 heteroatoms. The molecule has 4 aliphatic rings. The van der Waals surface area contributed by atoms with Crippen LogP contribution in [0.5, 0.6) is 0 Å². The zero-order chi connectivity index (χ0) is 17.1. The molecule has 24 heavy (non-hydrogen) atoms. The van der Waals surface area contributed by atoms with Crippen molar-refractivity contribution in [3.8, 4) is 12.3 Å². The molecule has 0 heterocycles. The molecule has 3 saturated carbocycles. The SMILES string of the molecule is C#C[C@]1(O)CC[C@@H]2[C@@H]3CCC4=C[C@@H](O)CC[C@@H]4[C@H]3C(=C)C[C@@]21CC. The van der Waals surface area contributed by atoms with E-state index in [1.54, 1.807) is 0 Å². The van der Waals surface area contributed by atoms with E-state index in [0.717, 1.165) is 51.4 Å². The van der Waals surface area contributed by atoms with Gasteiger partial charge < -0.3 is 10.2 Å². The third-order valence-electron chi connectivity index (χ3n) is 8.07. The number of allylic oxidation sites excluding steroid dienone is 2. The standard InChI is InChI=1S/C22H30O2/c1-4-21-13-14(3)20-17-9-7-16(23)12-15(17)6-8-18(20)19(21)10-11-22(21,24)5-2/h2,12,16-20,23-24H,3-4,6-11,13H2,1H3/t16-,17-,18-,19+,20+,21-,22-/m0/s1. The van der Waals surface area contributed by atoms with Crippen molar-refractivity contribution in [1.82, 2.24) is 0 Å². The third kappa shape index (κ3) is 1.98. The molecule has 2 N–H and O–H groups in total. The van der Waals surface area contributed by atoms with Crippen molar-refractivity contribution in [2.45, 2.75) is 70.0 Å². The van der Waals surface area contributed by atoms with Gasteiger partial charge in [-0.2, -0.15) is 0 Å². The Labute approximate surface area is 146 Å². The summed E-state index contributed by atoms with van der Waals surface area (Å²) in [6.45, 7) is 6.69. The van der Waals surface area contributed by atoms with Gasteiger partial charge >= 0.3 is 0 Å². The summed E-state index contributed by atoms with van der Waals surface area (Å²) in [5, 5.41) is 21.2. The van der Waals surface area contributed by atoms with Crippen LogP contribution in [-0.4, -0.2) is 21.9 Å². The maximum absolute atomic E-state index is 11.2. The van der Waals surface area contributed by atoms with E-state index in [4.69, 9.17) is 6.42 Å². The molecule has 0 amide bonds. The summed E-state index contributed by atoms with van der Waals surface area (Å²) in [7, 11) is 0. The van der Waals surface area contributed by atoms with Crippen molar-refractivity contribution < 1.29 is 10.2 Å². The Morgan fingerprint density at radius 1 is 1.33 bits per heavy atom. The van der Waals surface area contributed by atoms with Gasteiger partial charge in [0.2, 0.25) is 0 Å². The fraction of sp³-hybridized carbons (Fsp3) is 0.727. The lowest BCUT2D eigenvalue weighted by Gasteiger charge is -2.57. The molecule has 130 valence electrons. The van der Waals surface area contributed by atoms with E-state index >= 15 is 0 Å². The number of hydrogen-bond acceptors (Lipinski definition) is 2. The molecule has 4 rings (SSSR count). The first kappa shape index (κ1) is 16.4. The highest BCUT2D eigenvalue weighted by Gasteiger charge is 2.64. The van der Waals surface area contributed by atoms with Gasteiger partial charge in [-0.1, -0.05) is 36.6 Å². The highest BCUT2D eigenvalue weighted by Crippen LogP contribution is 2.67. The lowest BCUT2D eigenvalue weighted by Crippen LogP contribution is -2.54. The van der Waals surface area contributed by atoms with Crippen molar-refractivity contribution in [3.05, 3.63) is 23.8 Å². The van der Waals surface area contributed by atoms with Gasteiger partial charge in [-0.3, -0.25) is 0 Å². The molecular formula is C22H30O2. The highest BCUT2D eigenvalue weighted by atomic mass is 16.3. The maximum Gasteiger partial charge on any atom is 0.131 e. The fourth-order valence-electron chi connectivity index (χ4n) is 7.03. The Hall–Kier alpha value is -1.04. The van der Waals surface area contributed by atoms with Crippen molar-refractivity contribution in [2.24, 2.45) is 29.1 Å². The fourth-order valence-corrected chi connectivity index (χ4v) is 7.03. The quantitative estimate of drug-likeness (QED) is 0.568. The van der Waals surface area contributed by atoms with E-state index in [1.165, 1.54) is 11.1 Å². The Morgan fingerprint density at radius 2 is 2.12 bits per heavy atom. The van der Waals surface area contributed by atoms with Crippen LogP contribution >= 0.6 is 0 Å². The second kappa shape index (κ2) is 5.48. The van der Waals surface area contributed by atoms with Crippen molar-refractivity contribution in [1.29, 1.82) is 0 Å². The summed E-state index contributed by atoms with van der Waals surface area (Å²) in [6, 6.07) is 0. The molecule has 0 unspecified atom stereocenters. The number of fused-ring (bicyclic) bond motifs is 5. The number of terminal acetylenes is 1. The molecule has 4 aliphatic carbocycles. The first-order valence-corrected chi connectivity index (χ1v) is 9.72. The number of rotatable bonds is 1. The molecule has 7 atom stereocenters. The average Bonchev–Trinajstić information content (AvgIpc) is 2.88. The molecule has 0 aromatic heterocycles. The molecule has 0 radical (unpaired) electrons. The summed E-state index contributed by atoms with van der Waals surface area (Å²) < 4.78 is 0. The lowest BCUT2D eigenvalue weighted by molar-refractivity contribution is -0.0794. The first-order valence-electron chi connectivity index (χ1n) is 9.72. The van der Waals surface area contributed by atoms with Crippen LogP contribution in [0.1, 0.15) is 58.3 Å². The van der Waals surface area contributed by atoms with Gasteiger partial charge in [0.25, 0.3) is 0 Å². The summed E-state index contributed by atoms with van der Waals surface area (Å²) in [5.41, 5.74) is 1.64. The van der Waals surface area contributed by atoms with Crippen LogP contribution in [0.2, 0.25) is 0 Å². The van der Waals surface area contributed by atoms with Gasteiger partial charge in [-0.25, -0.2) is 0 Å². The minimum atomic E-state index is -0.959. The average molecular weight is 326 g/mol. The minimum absolute atomic E-state index is 0.171. The monoisotopic (exact) mass is 326 g/mol. The Morgan fingerprint density at radius 3 is 2.83 bits per heavy atom. The molecule has 0 aliphatic heterocycles. The third-order valence-corrected chi connectivity index (χ3v) is 8.07. The molecular weight excluding hydrogens is 296 g/mol. The molecule has 0 bridgehead atoms. The Bertz CT molecular complexity index is 626. The minimum Gasteiger partial charge on any atom is -0.389 e. The molecule has 3 fully saturated rings. The lowest BCUT2D eigenvalue weighted by atomic mass is 9.48. The first-order chi connectivity index (χ1) is 11.5. The zero-order valence-electron chi connectivity index (χ0n) is 14.8. The van der Waals surface area contributed by atoms with E-state index in [-0.39, 0.29) is 11.5 Å². The van der Waals surface area contributed by atoms with Gasteiger partial charge in [0.1, 0.15) is 5.60 Å². The van der Waals surface area contributed by atoms with Gasteiger partial charge in [0, 0.05) is 5.41 Å². The molecule has 0 aromatic rings. The van der Waals surface area contributed by atoms with Crippen LogP contribution in [-0.2, 0) is 0 Å². The van der Waals surface area contributed by atoms with Gasteiger partial charge in [0.15, 0.2) is 0 Å². The van der Waals surface area contributed by atoms with E-state index < -0.39 is 5.60 Å². The normalized spacial score (nSPS) is 50.3. The number of aliphatic hydroxyl groups excluding tert-OH is 1. The van der Waals surface area contributed by atoms with E-state index in [9.17, 15) is 10.2 Å². The van der Waals surface area contributed by atoms with Crippen molar-refractivity contribution in [2.75, 3.05) is 0 Å². The highest BCUT2D eigenvalue weighted by molar-refractivity contribution is 5.32. The molecule has 0 saturated heterocycles. The van der Waals surface area contributed by atoms with Crippen molar-refractivity contribution in [3.63, 3.8) is 0 Å². The Balaban J connectivity index is 1.73. The van der Waals surface area contributed by atoms with Gasteiger partial charge in [-0.05, 0) is 75.0 Å². The summed E-state index contributed by atoms with van der Waals surface area (Å²) in [5.74, 6) is 5.00. The van der Waals surface area contributed by atoms with Crippen molar-refractivity contribution >= 4 is 0 Å². The zero-order valence-corrected chi connectivity index (χ0v) is 14.8. The smallest absolute Gasteiger partial charge is 0.131 e. The molecule has 0 spiro atoms. The topological polar surface area (TPSA) is 40.5 Å². The van der Waals surface area contributed by atoms with E-state index in [1.807, 2.05) is 0 Å². The second-order valence-electron chi connectivity index (χ2n) is 8.72. The predicted molar refractivity (Wildman–Crippen MR) is 96.0 cm³/mol. The maximum atomic E-state index is 11.2. The summed E-state index contributed by atoms with van der Waals surface area (Å²) in [4.78, 5) is 0. The Kier molecular flexibility index (Phi) is 3.75. The van der Waals surface area contributed by atoms with Crippen LogP contribution in [0.4, 0.5) is 0 Å². The van der Waals surface area contributed by atoms with Gasteiger partial charge in [0.05, 0.1) is 6.10 Å². The van der Waals surface area contributed by atoms with Crippen LogP contribution < -0.4 is 0 Å². The predicted octanol–water partition coefficient (Wildman–Crippen LogP) is 3.84. The number of hydrogen-bond donors (Lipinski definition) is 2. The van der Waals surface area contributed by atoms with Crippen LogP contribution in [0.25, 0.3) is 0 Å². The van der Waals surface area contributed by atoms with Gasteiger partial charge in [-0.15, -0.1) is 6.42 Å². The summed E-state index contributed by atoms with van der Waals surface area (Å²) >= 11 is 0. The summed E-state index contributed by atoms with van der Waals surface area (Å²) in [6.07, 6.45) is 15.5. The van der Waals surface area contributed by atoms with E-state index in [2.05, 4.69) is 25.5 Å².